The Morgan fingerprint density at radius 2 is 1.74 bits per heavy atom. The van der Waals surface area contributed by atoms with E-state index in [4.69, 9.17) is 4.74 Å². The fourth-order valence-electron chi connectivity index (χ4n) is 5.20. The van der Waals surface area contributed by atoms with Crippen molar-refractivity contribution in [3.8, 4) is 5.75 Å². The summed E-state index contributed by atoms with van der Waals surface area (Å²) >= 11 is 0. The molecule has 4 nitrogen and oxygen atoms in total. The molecule has 2 aromatic rings. The number of alkyl halides is 3. The highest BCUT2D eigenvalue weighted by Gasteiger charge is 2.58. The van der Waals surface area contributed by atoms with Crippen LogP contribution in [0.15, 0.2) is 36.4 Å². The van der Waals surface area contributed by atoms with Crippen molar-refractivity contribution in [2.75, 3.05) is 25.1 Å². The number of aryl methyl sites for hydroxylation is 2. The summed E-state index contributed by atoms with van der Waals surface area (Å²) in [5, 5.41) is 11.3. The van der Waals surface area contributed by atoms with Crippen molar-refractivity contribution in [2.45, 2.75) is 65.2 Å². The molecule has 1 unspecified atom stereocenters. The van der Waals surface area contributed by atoms with Gasteiger partial charge in [0.2, 0.25) is 0 Å². The van der Waals surface area contributed by atoms with E-state index in [-0.39, 0.29) is 12.3 Å². The van der Waals surface area contributed by atoms with Gasteiger partial charge < -0.3 is 14.7 Å². The summed E-state index contributed by atoms with van der Waals surface area (Å²) in [7, 11) is 1.50. The molecule has 0 aliphatic carbocycles. The third kappa shape index (κ3) is 4.67. The van der Waals surface area contributed by atoms with Gasteiger partial charge in [-0.3, -0.25) is 4.79 Å². The van der Waals surface area contributed by atoms with Crippen LogP contribution in [-0.2, 0) is 5.41 Å². The van der Waals surface area contributed by atoms with Gasteiger partial charge in [0.15, 0.2) is 11.4 Å². The summed E-state index contributed by atoms with van der Waals surface area (Å²) in [4.78, 5) is 14.4. The van der Waals surface area contributed by atoms with E-state index in [1.807, 2.05) is 26.0 Å². The lowest BCUT2D eigenvalue weighted by atomic mass is 9.73. The van der Waals surface area contributed by atoms with Crippen LogP contribution < -0.4 is 9.64 Å². The minimum Gasteiger partial charge on any atom is -0.496 e. The molecule has 0 fully saturated rings. The molecule has 0 radical (unpaired) electrons. The molecule has 2 aromatic carbocycles. The van der Waals surface area contributed by atoms with Crippen LogP contribution in [0.2, 0.25) is 0 Å². The van der Waals surface area contributed by atoms with Crippen LogP contribution in [0, 0.1) is 19.3 Å². The van der Waals surface area contributed by atoms with E-state index < -0.39 is 35.6 Å². The Morgan fingerprint density at radius 3 is 2.32 bits per heavy atom. The molecule has 0 spiro atoms. The Kier molecular flexibility index (Phi) is 6.59. The first-order valence-corrected chi connectivity index (χ1v) is 11.4. The first-order valence-electron chi connectivity index (χ1n) is 11.4. The zero-order valence-corrected chi connectivity index (χ0v) is 20.9. The van der Waals surface area contributed by atoms with Crippen LogP contribution in [0.25, 0.3) is 0 Å². The van der Waals surface area contributed by atoms with E-state index >= 15 is 0 Å². The van der Waals surface area contributed by atoms with E-state index in [0.29, 0.717) is 22.6 Å². The smallest absolute Gasteiger partial charge is 0.418 e. The largest absolute Gasteiger partial charge is 0.496 e. The van der Waals surface area contributed by atoms with Crippen molar-refractivity contribution in [3.63, 3.8) is 0 Å². The monoisotopic (exact) mass is 477 g/mol. The first kappa shape index (κ1) is 26.1. The number of anilines is 1. The number of β-amino-alcohol motifs (C(OH)–C–C–N with tert-alkyl or cyclic N) is 1. The SMILES string of the molecule is COc1c(C)cc(C)cc1C(C)(C)CC(O)(CN1CC(C)(C)C(=O)c2ccccc21)C(F)(F)F. The number of Topliss-reactive ketones (excluding diaryl/α,β-unsaturated/α-hetero) is 1. The number of carbonyl (C=O) groups excluding carboxylic acids is 1. The van der Waals surface area contributed by atoms with Gasteiger partial charge in [0, 0.05) is 28.8 Å². The van der Waals surface area contributed by atoms with Crippen LogP contribution in [0.3, 0.4) is 0 Å². The second-order valence-corrected chi connectivity index (χ2v) is 10.8. The van der Waals surface area contributed by atoms with Gasteiger partial charge in [0.25, 0.3) is 0 Å². The fourth-order valence-corrected chi connectivity index (χ4v) is 5.20. The van der Waals surface area contributed by atoms with E-state index in [1.165, 1.54) is 12.0 Å². The van der Waals surface area contributed by atoms with Crippen molar-refractivity contribution in [3.05, 3.63) is 58.7 Å². The van der Waals surface area contributed by atoms with Crippen molar-refractivity contribution < 1.29 is 27.8 Å². The zero-order chi connectivity index (χ0) is 25.7. The summed E-state index contributed by atoms with van der Waals surface area (Å²) in [6.07, 6.45) is -5.47. The topological polar surface area (TPSA) is 49.8 Å². The number of nitrogens with zero attached hydrogens (tertiary/aromatic N) is 1. The maximum absolute atomic E-state index is 14.5. The first-order chi connectivity index (χ1) is 15.5. The van der Waals surface area contributed by atoms with Gasteiger partial charge in [-0.15, -0.1) is 0 Å². The van der Waals surface area contributed by atoms with Crippen LogP contribution in [0.5, 0.6) is 5.75 Å². The molecular formula is C27H34F3NO3. The molecule has 0 aromatic heterocycles. The highest BCUT2D eigenvalue weighted by atomic mass is 19.4. The number of hydrogen-bond donors (Lipinski definition) is 1. The normalized spacial score (nSPS) is 17.9. The molecule has 0 saturated heterocycles. The number of rotatable bonds is 6. The van der Waals surface area contributed by atoms with Gasteiger partial charge in [-0.1, -0.05) is 57.5 Å². The van der Waals surface area contributed by atoms with Gasteiger partial charge in [-0.2, -0.15) is 13.2 Å². The molecule has 1 N–H and O–H groups in total. The second-order valence-electron chi connectivity index (χ2n) is 10.8. The summed E-state index contributed by atoms with van der Waals surface area (Å²) in [6.45, 7) is 9.95. The number of aliphatic hydroxyl groups is 1. The molecule has 3 rings (SSSR count). The average molecular weight is 478 g/mol. The van der Waals surface area contributed by atoms with E-state index in [2.05, 4.69) is 0 Å². The summed E-state index contributed by atoms with van der Waals surface area (Å²) < 4.78 is 49.1. The number of methoxy groups -OCH3 is 1. The Balaban J connectivity index is 2.06. The molecule has 1 heterocycles. The Hall–Kier alpha value is -2.54. The molecule has 0 amide bonds. The van der Waals surface area contributed by atoms with Gasteiger partial charge in [0.05, 0.1) is 13.7 Å². The molecule has 1 atom stereocenters. The fraction of sp³-hybridized carbons (Fsp3) is 0.519. The second kappa shape index (κ2) is 8.59. The lowest BCUT2D eigenvalue weighted by Crippen LogP contribution is -2.59. The van der Waals surface area contributed by atoms with Gasteiger partial charge in [-0.05, 0) is 43.4 Å². The molecule has 0 bridgehead atoms. The van der Waals surface area contributed by atoms with Crippen LogP contribution in [-0.4, -0.2) is 42.9 Å². The number of carbonyl (C=O) groups is 1. The standard InChI is InChI=1S/C27H34F3NO3/c1-17-12-18(2)22(34-7)20(13-17)24(3,4)14-26(33,27(28,29)30)16-31-15-25(5,6)23(32)19-10-8-9-11-21(19)31/h8-13,33H,14-16H2,1-7H3. The number of fused-ring (bicyclic) bond motifs is 1. The van der Waals surface area contributed by atoms with Gasteiger partial charge in [-0.25, -0.2) is 0 Å². The molecule has 0 saturated carbocycles. The van der Waals surface area contributed by atoms with Crippen molar-refractivity contribution >= 4 is 11.5 Å². The Morgan fingerprint density at radius 1 is 1.12 bits per heavy atom. The number of para-hydroxylation sites is 1. The summed E-state index contributed by atoms with van der Waals surface area (Å²) in [6, 6.07) is 10.4. The number of benzene rings is 2. The Bertz CT molecular complexity index is 1090. The Labute approximate surface area is 199 Å². The van der Waals surface area contributed by atoms with Crippen molar-refractivity contribution in [1.29, 1.82) is 0 Å². The number of ketones is 1. The quantitative estimate of drug-likeness (QED) is 0.554. The maximum Gasteiger partial charge on any atom is 0.418 e. The highest BCUT2D eigenvalue weighted by Crippen LogP contribution is 2.46. The van der Waals surface area contributed by atoms with E-state index in [1.54, 1.807) is 52.0 Å². The maximum atomic E-state index is 14.5. The van der Waals surface area contributed by atoms with Gasteiger partial charge in [0.1, 0.15) is 5.75 Å². The minimum absolute atomic E-state index is 0.0779. The van der Waals surface area contributed by atoms with Crippen LogP contribution in [0.1, 0.15) is 61.2 Å². The van der Waals surface area contributed by atoms with E-state index in [9.17, 15) is 23.1 Å². The number of hydrogen-bond acceptors (Lipinski definition) is 4. The lowest BCUT2D eigenvalue weighted by Gasteiger charge is -2.45. The van der Waals surface area contributed by atoms with Crippen LogP contribution in [0.4, 0.5) is 18.9 Å². The number of ether oxygens (including phenoxy) is 1. The number of halogens is 3. The molecular weight excluding hydrogens is 443 g/mol. The average Bonchev–Trinajstić information content (AvgIpc) is 2.70. The summed E-state index contributed by atoms with van der Waals surface area (Å²) in [5.74, 6) is 0.408. The lowest BCUT2D eigenvalue weighted by molar-refractivity contribution is -0.262. The third-order valence-electron chi connectivity index (χ3n) is 6.76. The molecule has 34 heavy (non-hydrogen) atoms. The summed E-state index contributed by atoms with van der Waals surface area (Å²) in [5.41, 5.74) is -1.84. The van der Waals surface area contributed by atoms with Gasteiger partial charge >= 0.3 is 6.18 Å². The minimum atomic E-state index is -4.89. The predicted molar refractivity (Wildman–Crippen MR) is 128 cm³/mol. The third-order valence-corrected chi connectivity index (χ3v) is 6.76. The molecule has 7 heteroatoms. The van der Waals surface area contributed by atoms with Crippen LogP contribution >= 0.6 is 0 Å². The molecule has 1 aliphatic rings. The predicted octanol–water partition coefficient (Wildman–Crippen LogP) is 6.00. The van der Waals surface area contributed by atoms with E-state index in [0.717, 1.165) is 11.1 Å². The van der Waals surface area contributed by atoms with Crippen molar-refractivity contribution in [2.24, 2.45) is 5.41 Å². The van der Waals surface area contributed by atoms with Crippen molar-refractivity contribution in [1.82, 2.24) is 0 Å². The zero-order valence-electron chi connectivity index (χ0n) is 20.9. The molecule has 1 aliphatic heterocycles. The highest BCUT2D eigenvalue weighted by molar-refractivity contribution is 6.06. The molecule has 186 valence electrons.